The van der Waals surface area contributed by atoms with Crippen molar-refractivity contribution in [3.8, 4) is 0 Å². The lowest BCUT2D eigenvalue weighted by atomic mass is 9.92. The van der Waals surface area contributed by atoms with Gasteiger partial charge in [-0.2, -0.15) is 0 Å². The van der Waals surface area contributed by atoms with Gasteiger partial charge in [0.2, 0.25) is 0 Å². The van der Waals surface area contributed by atoms with Crippen molar-refractivity contribution in [1.29, 1.82) is 0 Å². The zero-order valence-electron chi connectivity index (χ0n) is 10.7. The van der Waals surface area contributed by atoms with Crippen molar-refractivity contribution in [2.45, 2.75) is 51.9 Å². The van der Waals surface area contributed by atoms with E-state index in [9.17, 15) is 0 Å². The number of allylic oxidation sites excluding steroid dienone is 1. The third-order valence-corrected chi connectivity index (χ3v) is 3.21. The topological polar surface area (TPSA) is 0 Å². The fourth-order valence-electron chi connectivity index (χ4n) is 2.08. The summed E-state index contributed by atoms with van der Waals surface area (Å²) in [6, 6.07) is 9.17. The van der Waals surface area contributed by atoms with Crippen molar-refractivity contribution in [3.05, 3.63) is 48.0 Å². The Morgan fingerprint density at radius 1 is 1.19 bits per heavy atom. The molecule has 1 atom stereocenters. The van der Waals surface area contributed by atoms with Gasteiger partial charge >= 0.3 is 0 Å². The van der Waals surface area contributed by atoms with Gasteiger partial charge in [0.05, 0.1) is 0 Å². The van der Waals surface area contributed by atoms with Gasteiger partial charge < -0.3 is 0 Å². The van der Waals surface area contributed by atoms with E-state index in [0.29, 0.717) is 5.92 Å². The number of rotatable bonds is 7. The predicted octanol–water partition coefficient (Wildman–Crippen LogP) is 5.10. The minimum Gasteiger partial charge on any atom is -0.103 e. The first-order valence-electron chi connectivity index (χ1n) is 6.51. The molecule has 16 heavy (non-hydrogen) atoms. The van der Waals surface area contributed by atoms with E-state index in [1.54, 1.807) is 0 Å². The quantitative estimate of drug-likeness (QED) is 0.556. The van der Waals surface area contributed by atoms with Gasteiger partial charge in [-0.3, -0.25) is 0 Å². The molecule has 0 aliphatic carbocycles. The fourth-order valence-corrected chi connectivity index (χ4v) is 2.08. The molecule has 1 aromatic carbocycles. The number of aryl methyl sites for hydroxylation is 1. The molecule has 88 valence electrons. The summed E-state index contributed by atoms with van der Waals surface area (Å²) in [5.74, 6) is 0.651. The first-order chi connectivity index (χ1) is 7.81. The molecule has 0 saturated carbocycles. The van der Waals surface area contributed by atoms with Crippen molar-refractivity contribution >= 4 is 0 Å². The zero-order chi connectivity index (χ0) is 11.8. The third-order valence-electron chi connectivity index (χ3n) is 3.21. The van der Waals surface area contributed by atoms with Crippen LogP contribution in [0, 0.1) is 0 Å². The summed E-state index contributed by atoms with van der Waals surface area (Å²) in [6.45, 7) is 8.32. The van der Waals surface area contributed by atoms with Crippen molar-refractivity contribution in [2.24, 2.45) is 0 Å². The molecule has 0 saturated heterocycles. The van der Waals surface area contributed by atoms with Crippen LogP contribution in [0.1, 0.15) is 56.6 Å². The van der Waals surface area contributed by atoms with Gasteiger partial charge in [-0.25, -0.2) is 0 Å². The van der Waals surface area contributed by atoms with Gasteiger partial charge in [-0.15, -0.1) is 6.58 Å². The molecule has 0 aliphatic rings. The van der Waals surface area contributed by atoms with Crippen molar-refractivity contribution < 1.29 is 0 Å². The third kappa shape index (κ3) is 3.84. The Kier molecular flexibility index (Phi) is 5.92. The largest absolute Gasteiger partial charge is 0.103 e. The predicted molar refractivity (Wildman–Crippen MR) is 72.9 cm³/mol. The van der Waals surface area contributed by atoms with E-state index >= 15 is 0 Å². The number of hydrogen-bond acceptors (Lipinski definition) is 0. The molecule has 0 bridgehead atoms. The molecular formula is C16H24. The lowest BCUT2D eigenvalue weighted by molar-refractivity contribution is 0.674. The number of unbranched alkanes of at least 4 members (excludes halogenated alkanes) is 1. The maximum Gasteiger partial charge on any atom is -0.0130 e. The zero-order valence-corrected chi connectivity index (χ0v) is 10.7. The molecule has 0 spiro atoms. The van der Waals surface area contributed by atoms with Crippen LogP contribution in [-0.4, -0.2) is 0 Å². The van der Waals surface area contributed by atoms with Gasteiger partial charge in [-0.05, 0) is 42.7 Å². The normalized spacial score (nSPS) is 12.4. The molecular weight excluding hydrogens is 192 g/mol. The standard InChI is InChI=1S/C16H24/c1-4-7-9-14-10-12-16(13-11-14)15(6-3)8-5-2/h5,10-13,15H,2,4,6-9H2,1,3H3. The molecule has 0 heteroatoms. The second kappa shape index (κ2) is 7.27. The van der Waals surface area contributed by atoms with Gasteiger partial charge in [0.25, 0.3) is 0 Å². The highest BCUT2D eigenvalue weighted by Gasteiger charge is 2.06. The van der Waals surface area contributed by atoms with Crippen LogP contribution in [0.3, 0.4) is 0 Å². The Morgan fingerprint density at radius 3 is 2.38 bits per heavy atom. The first kappa shape index (κ1) is 13.0. The average Bonchev–Trinajstić information content (AvgIpc) is 2.34. The van der Waals surface area contributed by atoms with Crippen molar-refractivity contribution in [2.75, 3.05) is 0 Å². The molecule has 1 aromatic rings. The number of benzene rings is 1. The van der Waals surface area contributed by atoms with E-state index in [4.69, 9.17) is 0 Å². The molecule has 0 N–H and O–H groups in total. The van der Waals surface area contributed by atoms with Crippen molar-refractivity contribution in [1.82, 2.24) is 0 Å². The van der Waals surface area contributed by atoms with Crippen LogP contribution in [0.15, 0.2) is 36.9 Å². The molecule has 0 radical (unpaired) electrons. The molecule has 1 unspecified atom stereocenters. The lowest BCUT2D eigenvalue weighted by Gasteiger charge is -2.13. The summed E-state index contributed by atoms with van der Waals surface area (Å²) in [5, 5.41) is 0. The van der Waals surface area contributed by atoms with Gasteiger partial charge in [0.1, 0.15) is 0 Å². The van der Waals surface area contributed by atoms with E-state index < -0.39 is 0 Å². The Balaban J connectivity index is 2.65. The SMILES string of the molecule is C=CCC(CC)c1ccc(CCCC)cc1. The Bertz CT molecular complexity index is 294. The summed E-state index contributed by atoms with van der Waals surface area (Å²) in [6.07, 6.45) is 8.10. The van der Waals surface area contributed by atoms with Crippen LogP contribution < -0.4 is 0 Å². The highest BCUT2D eigenvalue weighted by atomic mass is 14.1. The van der Waals surface area contributed by atoms with E-state index in [-0.39, 0.29) is 0 Å². The van der Waals surface area contributed by atoms with Gasteiger partial charge in [0, 0.05) is 0 Å². The van der Waals surface area contributed by atoms with Crippen molar-refractivity contribution in [3.63, 3.8) is 0 Å². The maximum absolute atomic E-state index is 3.83. The van der Waals surface area contributed by atoms with E-state index in [1.807, 2.05) is 6.08 Å². The molecule has 0 aliphatic heterocycles. The second-order valence-electron chi connectivity index (χ2n) is 4.47. The highest BCUT2D eigenvalue weighted by Crippen LogP contribution is 2.24. The fraction of sp³-hybridized carbons (Fsp3) is 0.500. The van der Waals surface area contributed by atoms with Crippen LogP contribution in [0.4, 0.5) is 0 Å². The van der Waals surface area contributed by atoms with Gasteiger partial charge in [-0.1, -0.05) is 50.6 Å². The molecule has 0 heterocycles. The van der Waals surface area contributed by atoms with Crippen LogP contribution in [0.2, 0.25) is 0 Å². The Morgan fingerprint density at radius 2 is 1.88 bits per heavy atom. The molecule has 1 rings (SSSR count). The minimum atomic E-state index is 0.651. The van der Waals surface area contributed by atoms with Crippen LogP contribution in [0.25, 0.3) is 0 Å². The lowest BCUT2D eigenvalue weighted by Crippen LogP contribution is -1.96. The Hall–Kier alpha value is -1.04. The highest BCUT2D eigenvalue weighted by molar-refractivity contribution is 5.25. The minimum absolute atomic E-state index is 0.651. The summed E-state index contributed by atoms with van der Waals surface area (Å²) >= 11 is 0. The monoisotopic (exact) mass is 216 g/mol. The summed E-state index contributed by atoms with van der Waals surface area (Å²) < 4.78 is 0. The van der Waals surface area contributed by atoms with Crippen LogP contribution in [-0.2, 0) is 6.42 Å². The smallest absolute Gasteiger partial charge is 0.0130 e. The van der Waals surface area contributed by atoms with Crippen LogP contribution in [0.5, 0.6) is 0 Å². The average molecular weight is 216 g/mol. The first-order valence-corrected chi connectivity index (χ1v) is 6.51. The summed E-state index contributed by atoms with van der Waals surface area (Å²) in [7, 11) is 0. The second-order valence-corrected chi connectivity index (χ2v) is 4.47. The molecule has 0 fully saturated rings. The van der Waals surface area contributed by atoms with Gasteiger partial charge in [0.15, 0.2) is 0 Å². The Labute approximate surface area is 100 Å². The number of hydrogen-bond donors (Lipinski definition) is 0. The van der Waals surface area contributed by atoms with Crippen LogP contribution >= 0.6 is 0 Å². The maximum atomic E-state index is 3.83. The van der Waals surface area contributed by atoms with E-state index in [0.717, 1.165) is 6.42 Å². The summed E-state index contributed by atoms with van der Waals surface area (Å²) in [5.41, 5.74) is 2.93. The summed E-state index contributed by atoms with van der Waals surface area (Å²) in [4.78, 5) is 0. The molecule has 0 aromatic heterocycles. The van der Waals surface area contributed by atoms with E-state index in [1.165, 1.54) is 36.8 Å². The van der Waals surface area contributed by atoms with E-state index in [2.05, 4.69) is 44.7 Å². The molecule has 0 nitrogen and oxygen atoms in total. The molecule has 0 amide bonds.